The van der Waals surface area contributed by atoms with Gasteiger partial charge in [-0.1, -0.05) is 43.3 Å². The minimum Gasteiger partial charge on any atom is -0.356 e. The summed E-state index contributed by atoms with van der Waals surface area (Å²) in [6, 6.07) is 15.5. The molecule has 0 bridgehead atoms. The van der Waals surface area contributed by atoms with Crippen LogP contribution in [0.25, 0.3) is 0 Å². The Bertz CT molecular complexity index is 722. The molecule has 0 spiro atoms. The monoisotopic (exact) mass is 382 g/mol. The van der Waals surface area contributed by atoms with E-state index in [4.69, 9.17) is 0 Å². The molecule has 28 heavy (non-hydrogen) atoms. The average Bonchev–Trinajstić information content (AvgIpc) is 2.73. The lowest BCUT2D eigenvalue weighted by Crippen LogP contribution is -2.46. The van der Waals surface area contributed by atoms with Gasteiger partial charge in [-0.05, 0) is 31.0 Å². The number of benzene rings is 1. The third-order valence-electron chi connectivity index (χ3n) is 4.68. The number of carbonyl (C=O) groups excluding carboxylic acids is 2. The van der Waals surface area contributed by atoms with E-state index in [1.807, 2.05) is 62.4 Å². The van der Waals surface area contributed by atoms with Crippen LogP contribution < -0.4 is 10.6 Å². The van der Waals surface area contributed by atoms with Gasteiger partial charge in [-0.15, -0.1) is 0 Å². The number of hydrogen-bond donors (Lipinski definition) is 2. The Morgan fingerprint density at radius 3 is 2.50 bits per heavy atom. The Morgan fingerprint density at radius 1 is 1.07 bits per heavy atom. The molecule has 0 radical (unpaired) electrons. The number of nitrogens with one attached hydrogen (secondary N) is 2. The zero-order valence-corrected chi connectivity index (χ0v) is 16.7. The number of urea groups is 1. The van der Waals surface area contributed by atoms with Gasteiger partial charge in [0.25, 0.3) is 0 Å². The first kappa shape index (κ1) is 21.4. The summed E-state index contributed by atoms with van der Waals surface area (Å²) < 4.78 is 0. The van der Waals surface area contributed by atoms with E-state index in [0.29, 0.717) is 26.1 Å². The zero-order chi connectivity index (χ0) is 20.2. The first-order valence-electron chi connectivity index (χ1n) is 9.85. The van der Waals surface area contributed by atoms with Gasteiger partial charge in [-0.3, -0.25) is 9.78 Å². The second-order valence-electron chi connectivity index (χ2n) is 6.77. The summed E-state index contributed by atoms with van der Waals surface area (Å²) in [4.78, 5) is 30.7. The summed E-state index contributed by atoms with van der Waals surface area (Å²) in [5, 5.41) is 5.85. The van der Waals surface area contributed by atoms with Gasteiger partial charge in [-0.25, -0.2) is 4.79 Å². The van der Waals surface area contributed by atoms with Gasteiger partial charge in [0.05, 0.1) is 0 Å². The lowest BCUT2D eigenvalue weighted by atomic mass is 10.2. The molecule has 1 unspecified atom stereocenters. The maximum atomic E-state index is 12.6. The van der Waals surface area contributed by atoms with Crippen LogP contribution in [-0.4, -0.2) is 41.0 Å². The largest absolute Gasteiger partial charge is 0.356 e. The molecule has 6 heteroatoms. The van der Waals surface area contributed by atoms with E-state index in [1.54, 1.807) is 11.1 Å². The predicted molar refractivity (Wildman–Crippen MR) is 111 cm³/mol. The predicted octanol–water partition coefficient (Wildman–Crippen LogP) is 3.14. The first-order valence-corrected chi connectivity index (χ1v) is 9.85. The normalized spacial score (nSPS) is 11.5. The zero-order valence-electron chi connectivity index (χ0n) is 16.7. The van der Waals surface area contributed by atoms with Crippen molar-refractivity contribution >= 4 is 11.9 Å². The highest BCUT2D eigenvalue weighted by molar-refractivity contribution is 5.78. The average molecular weight is 383 g/mol. The minimum atomic E-state index is -0.139. The molecular formula is C22H30N4O2. The molecule has 0 saturated carbocycles. The molecule has 1 heterocycles. The summed E-state index contributed by atoms with van der Waals surface area (Å²) in [5.74, 6) is -0.0555. The Kier molecular flexibility index (Phi) is 8.98. The lowest BCUT2D eigenvalue weighted by Gasteiger charge is -2.28. The van der Waals surface area contributed by atoms with Crippen LogP contribution in [0.15, 0.2) is 54.7 Å². The quantitative estimate of drug-likeness (QED) is 0.663. The van der Waals surface area contributed by atoms with E-state index in [-0.39, 0.29) is 24.4 Å². The van der Waals surface area contributed by atoms with Crippen LogP contribution >= 0.6 is 0 Å². The summed E-state index contributed by atoms with van der Waals surface area (Å²) in [7, 11) is 0. The second-order valence-corrected chi connectivity index (χ2v) is 6.77. The maximum absolute atomic E-state index is 12.6. The summed E-state index contributed by atoms with van der Waals surface area (Å²) >= 11 is 0. The van der Waals surface area contributed by atoms with Gasteiger partial charge in [0, 0.05) is 50.4 Å². The van der Waals surface area contributed by atoms with Gasteiger partial charge in [0.1, 0.15) is 0 Å². The van der Waals surface area contributed by atoms with Gasteiger partial charge < -0.3 is 15.5 Å². The van der Waals surface area contributed by atoms with Gasteiger partial charge in [0.15, 0.2) is 0 Å². The van der Waals surface area contributed by atoms with Crippen molar-refractivity contribution in [2.45, 2.75) is 45.7 Å². The van der Waals surface area contributed by atoms with Crippen LogP contribution in [0.3, 0.4) is 0 Å². The van der Waals surface area contributed by atoms with E-state index in [1.165, 1.54) is 0 Å². The summed E-state index contributed by atoms with van der Waals surface area (Å²) in [6.45, 7) is 5.45. The van der Waals surface area contributed by atoms with Crippen LogP contribution in [-0.2, 0) is 17.8 Å². The molecule has 1 atom stereocenters. The molecule has 1 aromatic heterocycles. The van der Waals surface area contributed by atoms with Crippen molar-refractivity contribution < 1.29 is 9.59 Å². The van der Waals surface area contributed by atoms with Crippen molar-refractivity contribution in [1.82, 2.24) is 20.5 Å². The first-order chi connectivity index (χ1) is 13.6. The molecule has 2 N–H and O–H groups in total. The number of aromatic nitrogens is 1. The van der Waals surface area contributed by atoms with Crippen molar-refractivity contribution in [2.24, 2.45) is 0 Å². The molecule has 6 nitrogen and oxygen atoms in total. The molecule has 0 fully saturated rings. The third kappa shape index (κ3) is 7.39. The van der Waals surface area contributed by atoms with Crippen LogP contribution in [0.2, 0.25) is 0 Å². The molecule has 1 aromatic carbocycles. The maximum Gasteiger partial charge on any atom is 0.317 e. The highest BCUT2D eigenvalue weighted by Gasteiger charge is 2.19. The number of nitrogens with zero attached hydrogens (tertiary/aromatic N) is 2. The summed E-state index contributed by atoms with van der Waals surface area (Å²) in [5.41, 5.74) is 2.00. The fourth-order valence-electron chi connectivity index (χ4n) is 2.80. The Labute approximate surface area is 167 Å². The van der Waals surface area contributed by atoms with E-state index < -0.39 is 0 Å². The topological polar surface area (TPSA) is 74.3 Å². The molecule has 150 valence electrons. The van der Waals surface area contributed by atoms with E-state index in [2.05, 4.69) is 15.6 Å². The highest BCUT2D eigenvalue weighted by Crippen LogP contribution is 2.06. The van der Waals surface area contributed by atoms with Crippen LogP contribution in [0.1, 0.15) is 37.9 Å². The van der Waals surface area contributed by atoms with Gasteiger partial charge in [0.2, 0.25) is 5.91 Å². The van der Waals surface area contributed by atoms with Crippen molar-refractivity contribution in [3.8, 4) is 0 Å². The van der Waals surface area contributed by atoms with Gasteiger partial charge >= 0.3 is 6.03 Å². The summed E-state index contributed by atoms with van der Waals surface area (Å²) in [6.07, 6.45) is 3.56. The van der Waals surface area contributed by atoms with E-state index in [0.717, 1.165) is 17.7 Å². The number of pyridine rings is 1. The van der Waals surface area contributed by atoms with Crippen LogP contribution in [0.4, 0.5) is 4.79 Å². The van der Waals surface area contributed by atoms with Crippen molar-refractivity contribution in [2.75, 3.05) is 13.1 Å². The fourth-order valence-corrected chi connectivity index (χ4v) is 2.80. The Morgan fingerprint density at radius 2 is 1.82 bits per heavy atom. The molecule has 2 aromatic rings. The lowest BCUT2D eigenvalue weighted by molar-refractivity contribution is -0.121. The van der Waals surface area contributed by atoms with Crippen molar-refractivity contribution in [3.05, 3.63) is 66.0 Å². The highest BCUT2D eigenvalue weighted by atomic mass is 16.2. The smallest absolute Gasteiger partial charge is 0.317 e. The van der Waals surface area contributed by atoms with Crippen molar-refractivity contribution in [1.29, 1.82) is 0 Å². The van der Waals surface area contributed by atoms with Crippen LogP contribution in [0, 0.1) is 0 Å². The number of hydrogen-bond acceptors (Lipinski definition) is 3. The Balaban J connectivity index is 1.77. The molecular weight excluding hydrogens is 352 g/mol. The van der Waals surface area contributed by atoms with E-state index >= 15 is 0 Å². The molecule has 0 aliphatic heterocycles. The standard InChI is InChI=1S/C22H30N4O2/c1-3-18(2)26(22(28)25-17-19-9-5-4-6-10-19)16-13-21(27)24-15-12-20-11-7-8-14-23-20/h4-11,14,18H,3,12-13,15-17H2,1-2H3,(H,24,27)(H,25,28). The second kappa shape index (κ2) is 11.7. The van der Waals surface area contributed by atoms with Gasteiger partial charge in [-0.2, -0.15) is 0 Å². The van der Waals surface area contributed by atoms with E-state index in [9.17, 15) is 9.59 Å². The minimum absolute atomic E-state index is 0.0555. The molecule has 0 aliphatic rings. The van der Waals surface area contributed by atoms with Crippen LogP contribution in [0.5, 0.6) is 0 Å². The number of rotatable bonds is 10. The third-order valence-corrected chi connectivity index (χ3v) is 4.68. The number of amides is 3. The molecule has 2 rings (SSSR count). The molecule has 3 amide bonds. The Hall–Kier alpha value is -2.89. The molecule has 0 saturated heterocycles. The van der Waals surface area contributed by atoms with Crippen molar-refractivity contribution in [3.63, 3.8) is 0 Å². The fraction of sp³-hybridized carbons (Fsp3) is 0.409. The SMILES string of the molecule is CCC(C)N(CCC(=O)NCCc1ccccn1)C(=O)NCc1ccccc1. The molecule has 0 aliphatic carbocycles. The number of carbonyl (C=O) groups is 2.